The fourth-order valence-electron chi connectivity index (χ4n) is 3.24. The molecule has 0 aromatic heterocycles. The fraction of sp³-hybridized carbons (Fsp3) is 0.185. The van der Waals surface area contributed by atoms with Crippen molar-refractivity contribution < 1.29 is 28.5 Å². The molecule has 0 saturated heterocycles. The molecule has 0 spiro atoms. The Labute approximate surface area is 228 Å². The van der Waals surface area contributed by atoms with E-state index in [2.05, 4.69) is 37.8 Å². The third kappa shape index (κ3) is 7.47. The summed E-state index contributed by atoms with van der Waals surface area (Å²) >= 11 is 3.48. The molecule has 0 unspecified atom stereocenters. The first-order valence-electron chi connectivity index (χ1n) is 11.2. The number of halogens is 1. The summed E-state index contributed by atoms with van der Waals surface area (Å²) in [5.74, 6) is 0.893. The van der Waals surface area contributed by atoms with Crippen molar-refractivity contribution in [3.8, 4) is 29.1 Å². The summed E-state index contributed by atoms with van der Waals surface area (Å²) in [5.41, 5.74) is 4.78. The van der Waals surface area contributed by atoms with Crippen LogP contribution in [0, 0.1) is 11.3 Å². The molecule has 2 amide bonds. The molecule has 0 bridgehead atoms. The molecule has 10 nitrogen and oxygen atoms in total. The van der Waals surface area contributed by atoms with Crippen LogP contribution in [0.2, 0.25) is 0 Å². The third-order valence-corrected chi connectivity index (χ3v) is 5.77. The second kappa shape index (κ2) is 13.7. The number of ether oxygens (including phenoxy) is 4. The molecule has 0 aliphatic carbocycles. The zero-order valence-electron chi connectivity index (χ0n) is 20.9. The lowest BCUT2D eigenvalue weighted by Gasteiger charge is -2.13. The van der Waals surface area contributed by atoms with Gasteiger partial charge in [0.25, 0.3) is 11.8 Å². The summed E-state index contributed by atoms with van der Waals surface area (Å²) < 4.78 is 22.3. The Morgan fingerprint density at radius 1 is 0.974 bits per heavy atom. The molecule has 0 saturated carbocycles. The molecule has 2 N–H and O–H groups in total. The van der Waals surface area contributed by atoms with Crippen LogP contribution in [0.3, 0.4) is 0 Å². The van der Waals surface area contributed by atoms with Gasteiger partial charge in [-0.05, 0) is 69.5 Å². The Hall–Kier alpha value is -4.56. The summed E-state index contributed by atoms with van der Waals surface area (Å²) in [6, 6.07) is 17.3. The van der Waals surface area contributed by atoms with Crippen molar-refractivity contribution in [3.63, 3.8) is 0 Å². The van der Waals surface area contributed by atoms with Crippen LogP contribution in [0.1, 0.15) is 27.0 Å². The van der Waals surface area contributed by atoms with Gasteiger partial charge in [0.15, 0.2) is 23.0 Å². The number of carbonyl (C=O) groups is 2. The van der Waals surface area contributed by atoms with E-state index < -0.39 is 11.8 Å². The zero-order chi connectivity index (χ0) is 27.5. The van der Waals surface area contributed by atoms with Crippen LogP contribution in [0.4, 0.5) is 0 Å². The highest BCUT2D eigenvalue weighted by molar-refractivity contribution is 9.10. The predicted molar refractivity (Wildman–Crippen MR) is 144 cm³/mol. The summed E-state index contributed by atoms with van der Waals surface area (Å²) in [5, 5.41) is 15.4. The highest BCUT2D eigenvalue weighted by Crippen LogP contribution is 2.37. The molecule has 11 heteroatoms. The van der Waals surface area contributed by atoms with Gasteiger partial charge < -0.3 is 24.3 Å². The number of nitriles is 1. The maximum Gasteiger partial charge on any atom is 0.259 e. The van der Waals surface area contributed by atoms with Crippen LogP contribution < -0.4 is 29.7 Å². The minimum absolute atomic E-state index is 0.277. The van der Waals surface area contributed by atoms with Crippen LogP contribution in [0.25, 0.3) is 0 Å². The van der Waals surface area contributed by atoms with Crippen molar-refractivity contribution in [3.05, 3.63) is 81.3 Å². The monoisotopic (exact) mass is 580 g/mol. The Balaban J connectivity index is 1.55. The van der Waals surface area contributed by atoms with Gasteiger partial charge in [0.1, 0.15) is 6.61 Å². The number of benzene rings is 3. The SMILES string of the molecule is COc1ccc(C(=O)NCC(=O)NN=Cc2cc(Br)c(OCc3ccc(C#N)cc3)c(OC)c2)cc1OC. The van der Waals surface area contributed by atoms with Gasteiger partial charge in [-0.3, -0.25) is 9.59 Å². The van der Waals surface area contributed by atoms with Gasteiger partial charge >= 0.3 is 0 Å². The number of hydrogen-bond acceptors (Lipinski definition) is 8. The summed E-state index contributed by atoms with van der Waals surface area (Å²) in [4.78, 5) is 24.5. The highest BCUT2D eigenvalue weighted by Gasteiger charge is 2.13. The molecule has 3 aromatic carbocycles. The molecule has 3 aromatic rings. The van der Waals surface area contributed by atoms with E-state index in [0.717, 1.165) is 5.56 Å². The number of nitrogens with zero attached hydrogens (tertiary/aromatic N) is 2. The average molecular weight is 581 g/mol. The van der Waals surface area contributed by atoms with Crippen molar-refractivity contribution in [1.29, 1.82) is 5.26 Å². The number of hydrogen-bond donors (Lipinski definition) is 2. The molecule has 0 fully saturated rings. The van der Waals surface area contributed by atoms with Crippen LogP contribution >= 0.6 is 15.9 Å². The second-order valence-electron chi connectivity index (χ2n) is 7.68. The Morgan fingerprint density at radius 2 is 1.68 bits per heavy atom. The number of amides is 2. The van der Waals surface area contributed by atoms with E-state index in [0.29, 0.717) is 44.2 Å². The molecule has 196 valence electrons. The van der Waals surface area contributed by atoms with Crippen molar-refractivity contribution >= 4 is 34.0 Å². The molecule has 0 atom stereocenters. The Morgan fingerprint density at radius 3 is 2.34 bits per heavy atom. The Kier molecular flexibility index (Phi) is 10.1. The lowest BCUT2D eigenvalue weighted by atomic mass is 10.1. The Bertz CT molecular complexity index is 1370. The van der Waals surface area contributed by atoms with E-state index in [9.17, 15) is 9.59 Å². The molecular formula is C27H25BrN4O6. The lowest BCUT2D eigenvalue weighted by molar-refractivity contribution is -0.120. The van der Waals surface area contributed by atoms with Crippen LogP contribution in [-0.2, 0) is 11.4 Å². The van der Waals surface area contributed by atoms with Crippen molar-refractivity contribution in [2.75, 3.05) is 27.9 Å². The molecule has 0 aliphatic rings. The van der Waals surface area contributed by atoms with Gasteiger partial charge in [0.05, 0.1) is 50.2 Å². The second-order valence-corrected chi connectivity index (χ2v) is 8.53. The number of rotatable bonds is 11. The molecular weight excluding hydrogens is 556 g/mol. The van der Waals surface area contributed by atoms with E-state index in [1.165, 1.54) is 33.6 Å². The van der Waals surface area contributed by atoms with Gasteiger partial charge in [0.2, 0.25) is 0 Å². The molecule has 0 radical (unpaired) electrons. The average Bonchev–Trinajstić information content (AvgIpc) is 2.94. The van der Waals surface area contributed by atoms with Crippen molar-refractivity contribution in [2.24, 2.45) is 5.10 Å². The van der Waals surface area contributed by atoms with Crippen LogP contribution in [0.15, 0.2) is 64.2 Å². The fourth-order valence-corrected chi connectivity index (χ4v) is 3.82. The quantitative estimate of drug-likeness (QED) is 0.260. The largest absolute Gasteiger partial charge is 0.493 e. The summed E-state index contributed by atoms with van der Waals surface area (Å²) in [7, 11) is 4.48. The lowest BCUT2D eigenvalue weighted by Crippen LogP contribution is -2.34. The molecule has 0 heterocycles. The first kappa shape index (κ1) is 28.0. The first-order valence-corrected chi connectivity index (χ1v) is 12.0. The van der Waals surface area contributed by atoms with Crippen LogP contribution in [-0.4, -0.2) is 45.9 Å². The standard InChI is InChI=1S/C27H25BrN4O6/c1-35-22-9-8-20(12-23(22)36-2)27(34)30-15-25(33)32-31-14-19-10-21(28)26(24(11-19)37-3)38-16-18-6-4-17(13-29)5-7-18/h4-12,14H,15-16H2,1-3H3,(H,30,34)(H,32,33). The number of methoxy groups -OCH3 is 3. The normalized spacial score (nSPS) is 10.4. The third-order valence-electron chi connectivity index (χ3n) is 5.18. The van der Waals surface area contributed by atoms with Gasteiger partial charge in [-0.15, -0.1) is 0 Å². The predicted octanol–water partition coefficient (Wildman–Crippen LogP) is 3.81. The van der Waals surface area contributed by atoms with E-state index in [1.807, 2.05) is 12.1 Å². The van der Waals surface area contributed by atoms with Crippen molar-refractivity contribution in [1.82, 2.24) is 10.7 Å². The van der Waals surface area contributed by atoms with E-state index in [1.54, 1.807) is 36.4 Å². The minimum Gasteiger partial charge on any atom is -0.493 e. The first-order chi connectivity index (χ1) is 18.4. The number of carbonyl (C=O) groups excluding carboxylic acids is 2. The topological polar surface area (TPSA) is 131 Å². The highest BCUT2D eigenvalue weighted by atomic mass is 79.9. The maximum atomic E-state index is 12.4. The maximum absolute atomic E-state index is 12.4. The van der Waals surface area contributed by atoms with E-state index in [-0.39, 0.29) is 13.2 Å². The molecule has 38 heavy (non-hydrogen) atoms. The molecule has 0 aliphatic heterocycles. The zero-order valence-corrected chi connectivity index (χ0v) is 22.5. The summed E-state index contributed by atoms with van der Waals surface area (Å²) in [6.07, 6.45) is 1.44. The number of nitrogens with one attached hydrogen (secondary N) is 2. The summed E-state index contributed by atoms with van der Waals surface area (Å²) in [6.45, 7) is -0.00114. The number of hydrazone groups is 1. The van der Waals surface area contributed by atoms with E-state index >= 15 is 0 Å². The molecule has 3 rings (SSSR count). The van der Waals surface area contributed by atoms with Crippen molar-refractivity contribution in [2.45, 2.75) is 6.61 Å². The van der Waals surface area contributed by atoms with Gasteiger partial charge in [-0.25, -0.2) is 5.43 Å². The van der Waals surface area contributed by atoms with Gasteiger partial charge in [-0.1, -0.05) is 12.1 Å². The van der Waals surface area contributed by atoms with Gasteiger partial charge in [0, 0.05) is 5.56 Å². The van der Waals surface area contributed by atoms with E-state index in [4.69, 9.17) is 24.2 Å². The smallest absolute Gasteiger partial charge is 0.259 e. The minimum atomic E-state index is -0.511. The van der Waals surface area contributed by atoms with Crippen LogP contribution in [0.5, 0.6) is 23.0 Å². The van der Waals surface area contributed by atoms with Gasteiger partial charge in [-0.2, -0.15) is 10.4 Å².